The summed E-state index contributed by atoms with van der Waals surface area (Å²) in [5.41, 5.74) is 0.767. The number of carbonyl (C=O) groups is 1. The predicted molar refractivity (Wildman–Crippen MR) is 85.7 cm³/mol. The summed E-state index contributed by atoms with van der Waals surface area (Å²) >= 11 is 0. The third-order valence-corrected chi connectivity index (χ3v) is 3.32. The zero-order valence-electron chi connectivity index (χ0n) is 13.7. The van der Waals surface area contributed by atoms with Gasteiger partial charge in [0.25, 0.3) is 0 Å². The highest BCUT2D eigenvalue weighted by atomic mass is 32.2. The summed E-state index contributed by atoms with van der Waals surface area (Å²) in [6.45, 7) is 6.51. The summed E-state index contributed by atoms with van der Waals surface area (Å²) < 4.78 is 30.8. The van der Waals surface area contributed by atoms with Crippen LogP contribution in [0, 0.1) is 0 Å². The maximum atomic E-state index is 12.3. The molecular weight excluding hydrogens is 318 g/mol. The second kappa shape index (κ2) is 8.67. The lowest BCUT2D eigenvalue weighted by molar-refractivity contribution is 0.00951. The number of hydrogen-bond donors (Lipinski definition) is 0. The quantitative estimate of drug-likeness (QED) is 0.784. The molecular formula is C16H23NO5S. The van der Waals surface area contributed by atoms with Crippen molar-refractivity contribution in [2.24, 2.45) is 0 Å². The van der Waals surface area contributed by atoms with Crippen molar-refractivity contribution in [3.05, 3.63) is 35.9 Å². The fraction of sp³-hybridized carbons (Fsp3) is 0.562. The van der Waals surface area contributed by atoms with Crippen LogP contribution in [0.1, 0.15) is 51.6 Å². The summed E-state index contributed by atoms with van der Waals surface area (Å²) in [6, 6.07) is 10.4. The summed E-state index contributed by atoms with van der Waals surface area (Å²) in [4.78, 5) is 14.2. The Morgan fingerprint density at radius 3 is 2.22 bits per heavy atom. The molecule has 6 nitrogen and oxygen atoms in total. The Kier molecular flexibility index (Phi) is 7.22. The first-order valence-corrected chi connectivity index (χ1v) is 8.52. The number of rotatable bonds is 1. The predicted octanol–water partition coefficient (Wildman–Crippen LogP) is 3.14. The first kappa shape index (κ1) is 19.2. The zero-order chi connectivity index (χ0) is 17.5. The van der Waals surface area contributed by atoms with Crippen molar-refractivity contribution < 1.29 is 22.2 Å². The van der Waals surface area contributed by atoms with Crippen molar-refractivity contribution in [3.63, 3.8) is 0 Å². The molecule has 0 bridgehead atoms. The van der Waals surface area contributed by atoms with E-state index in [0.29, 0.717) is 0 Å². The standard InChI is InChI=1S/C16H23NO2.O3S/c1-16(2,3)19-15(18)17-12-8-7-11-14(17)13-9-5-4-6-10-13;1-4(2)3/h4-6,9-10,14H,7-8,11-12H2,1-3H3;. The molecule has 1 aromatic carbocycles. The van der Waals surface area contributed by atoms with Gasteiger partial charge in [0.2, 0.25) is 0 Å². The molecule has 2 rings (SSSR count). The van der Waals surface area contributed by atoms with Gasteiger partial charge in [-0.2, -0.15) is 0 Å². The Balaban J connectivity index is 0.000000593. The average Bonchev–Trinajstić information content (AvgIpc) is 2.46. The first-order chi connectivity index (χ1) is 10.7. The van der Waals surface area contributed by atoms with E-state index in [-0.39, 0.29) is 12.1 Å². The Hall–Kier alpha value is -1.89. The molecule has 1 fully saturated rings. The Morgan fingerprint density at radius 2 is 1.70 bits per heavy atom. The van der Waals surface area contributed by atoms with Crippen LogP contribution in [0.4, 0.5) is 4.79 Å². The van der Waals surface area contributed by atoms with E-state index in [0.717, 1.165) is 19.4 Å². The van der Waals surface area contributed by atoms with Crippen LogP contribution in [-0.2, 0) is 15.3 Å². The number of likely N-dealkylation sites (tertiary alicyclic amines) is 1. The highest BCUT2D eigenvalue weighted by Crippen LogP contribution is 2.31. The van der Waals surface area contributed by atoms with Gasteiger partial charge in [0, 0.05) is 6.54 Å². The largest absolute Gasteiger partial charge is 0.444 e. The second-order valence-electron chi connectivity index (χ2n) is 6.30. The number of nitrogens with zero attached hydrogens (tertiary/aromatic N) is 1. The molecule has 1 unspecified atom stereocenters. The first-order valence-electron chi connectivity index (χ1n) is 7.52. The number of amides is 1. The van der Waals surface area contributed by atoms with E-state index in [4.69, 9.17) is 17.4 Å². The van der Waals surface area contributed by atoms with Crippen molar-refractivity contribution in [1.29, 1.82) is 0 Å². The highest BCUT2D eigenvalue weighted by molar-refractivity contribution is 7.59. The van der Waals surface area contributed by atoms with Gasteiger partial charge in [-0.15, -0.1) is 12.6 Å². The average molecular weight is 341 g/mol. The lowest BCUT2D eigenvalue weighted by Gasteiger charge is -2.37. The van der Waals surface area contributed by atoms with Crippen LogP contribution in [-0.4, -0.2) is 35.8 Å². The minimum Gasteiger partial charge on any atom is -0.444 e. The van der Waals surface area contributed by atoms with Gasteiger partial charge in [-0.1, -0.05) is 30.3 Å². The molecule has 1 heterocycles. The molecule has 0 spiro atoms. The van der Waals surface area contributed by atoms with Gasteiger partial charge in [-0.25, -0.2) is 4.79 Å². The monoisotopic (exact) mass is 341 g/mol. The van der Waals surface area contributed by atoms with E-state index >= 15 is 0 Å². The van der Waals surface area contributed by atoms with Crippen LogP contribution < -0.4 is 0 Å². The van der Waals surface area contributed by atoms with Crippen molar-refractivity contribution >= 4 is 16.7 Å². The summed E-state index contributed by atoms with van der Waals surface area (Å²) in [5, 5.41) is 0. The molecule has 0 N–H and O–H groups in total. The molecule has 1 atom stereocenters. The van der Waals surface area contributed by atoms with Gasteiger partial charge >= 0.3 is 16.7 Å². The third-order valence-electron chi connectivity index (χ3n) is 3.32. The van der Waals surface area contributed by atoms with E-state index in [2.05, 4.69) is 12.1 Å². The van der Waals surface area contributed by atoms with E-state index in [1.54, 1.807) is 0 Å². The number of ether oxygens (including phenoxy) is 1. The minimum absolute atomic E-state index is 0.157. The fourth-order valence-electron chi connectivity index (χ4n) is 2.49. The van der Waals surface area contributed by atoms with E-state index in [1.807, 2.05) is 43.9 Å². The molecule has 0 aromatic heterocycles. The van der Waals surface area contributed by atoms with Crippen molar-refractivity contribution in [2.45, 2.75) is 51.7 Å². The van der Waals surface area contributed by atoms with Crippen molar-refractivity contribution in [1.82, 2.24) is 4.90 Å². The van der Waals surface area contributed by atoms with Gasteiger partial charge in [-0.3, -0.25) is 0 Å². The Morgan fingerprint density at radius 1 is 1.13 bits per heavy atom. The number of hydrogen-bond acceptors (Lipinski definition) is 5. The lowest BCUT2D eigenvalue weighted by Crippen LogP contribution is -2.41. The van der Waals surface area contributed by atoms with Crippen LogP contribution >= 0.6 is 0 Å². The third kappa shape index (κ3) is 7.27. The van der Waals surface area contributed by atoms with E-state index in [9.17, 15) is 4.79 Å². The zero-order valence-corrected chi connectivity index (χ0v) is 14.5. The van der Waals surface area contributed by atoms with Crippen LogP contribution in [0.15, 0.2) is 30.3 Å². The van der Waals surface area contributed by atoms with Crippen LogP contribution in [0.2, 0.25) is 0 Å². The summed E-state index contributed by atoms with van der Waals surface area (Å²) in [6.07, 6.45) is 3.05. The summed E-state index contributed by atoms with van der Waals surface area (Å²) in [5.74, 6) is 0. The molecule has 1 amide bonds. The van der Waals surface area contributed by atoms with Gasteiger partial charge in [-0.05, 0) is 45.6 Å². The molecule has 1 saturated heterocycles. The molecule has 1 aliphatic rings. The fourth-order valence-corrected chi connectivity index (χ4v) is 2.49. The molecule has 128 valence electrons. The maximum absolute atomic E-state index is 12.3. The lowest BCUT2D eigenvalue weighted by atomic mass is 9.96. The molecule has 1 aromatic rings. The molecule has 23 heavy (non-hydrogen) atoms. The number of carbonyl (C=O) groups excluding carboxylic acids is 1. The second-order valence-corrected chi connectivity index (χ2v) is 6.71. The van der Waals surface area contributed by atoms with E-state index in [1.165, 1.54) is 12.0 Å². The molecule has 0 saturated carbocycles. The maximum Gasteiger partial charge on any atom is 0.425 e. The number of benzene rings is 1. The van der Waals surface area contributed by atoms with Crippen molar-refractivity contribution in [2.75, 3.05) is 6.54 Å². The SMILES string of the molecule is CC(C)(C)OC(=O)N1CCCCC1c1ccccc1.O=S(=O)=O. The Bertz CT molecular complexity index is 600. The molecule has 0 radical (unpaired) electrons. The van der Waals surface area contributed by atoms with Gasteiger partial charge in [0.15, 0.2) is 0 Å². The van der Waals surface area contributed by atoms with Gasteiger partial charge in [0.1, 0.15) is 5.60 Å². The van der Waals surface area contributed by atoms with Crippen LogP contribution in [0.3, 0.4) is 0 Å². The van der Waals surface area contributed by atoms with Crippen LogP contribution in [0.25, 0.3) is 0 Å². The van der Waals surface area contributed by atoms with Gasteiger partial charge in [0.05, 0.1) is 6.04 Å². The summed E-state index contributed by atoms with van der Waals surface area (Å²) in [7, 11) is -3.11. The smallest absolute Gasteiger partial charge is 0.425 e. The highest BCUT2D eigenvalue weighted by Gasteiger charge is 2.31. The van der Waals surface area contributed by atoms with E-state index < -0.39 is 16.2 Å². The molecule has 7 heteroatoms. The topological polar surface area (TPSA) is 80.8 Å². The normalized spacial score (nSPS) is 17.7. The Labute approximate surface area is 138 Å². The van der Waals surface area contributed by atoms with Crippen molar-refractivity contribution in [3.8, 4) is 0 Å². The minimum atomic E-state index is -3.11. The number of piperidine rings is 1. The van der Waals surface area contributed by atoms with Crippen LogP contribution in [0.5, 0.6) is 0 Å². The molecule has 0 aliphatic carbocycles. The van der Waals surface area contributed by atoms with Gasteiger partial charge < -0.3 is 9.64 Å². The molecule has 1 aliphatic heterocycles.